The Morgan fingerprint density at radius 1 is 0.500 bits per heavy atom. The maximum absolute atomic E-state index is 13.4. The highest BCUT2D eigenvalue weighted by Crippen LogP contribution is 2.26. The maximum atomic E-state index is 13.4. The number of aliphatic hydroxyl groups is 5. The topological polar surface area (TPSA) is 175 Å². The third-order valence-corrected chi connectivity index (χ3v) is 15.7. The molecule has 6 N–H and O–H groups in total. The zero-order valence-electron chi connectivity index (χ0n) is 51.7. The van der Waals surface area contributed by atoms with Gasteiger partial charge in [-0.2, -0.15) is 0 Å². The van der Waals surface area contributed by atoms with E-state index >= 15 is 0 Å². The van der Waals surface area contributed by atoms with Crippen molar-refractivity contribution in [2.45, 2.75) is 352 Å². The lowest BCUT2D eigenvalue weighted by molar-refractivity contribution is -0.305. The van der Waals surface area contributed by atoms with Crippen molar-refractivity contribution >= 4 is 11.9 Å². The Bertz CT molecular complexity index is 1530. The number of nitrogens with one attached hydrogen (secondary N) is 1. The molecule has 8 atom stereocenters. The first-order valence-corrected chi connectivity index (χ1v) is 33.6. The SMILES string of the molecule is CC/C=C/C/C=C/CCCCCCCCC(O)C(=O)NC(COC1OC(CO)C(O)C(O)C1OC(=O)CCCCCCCCCCCCCCCCCCC/C=C\C/C=C\CCCCC)C(O)/C=C/CCCCCCCCCCC. The van der Waals surface area contributed by atoms with Crippen molar-refractivity contribution in [1.29, 1.82) is 0 Å². The molecule has 11 heteroatoms. The van der Waals surface area contributed by atoms with Crippen molar-refractivity contribution < 1.29 is 49.3 Å². The molecule has 0 radical (unpaired) electrons. The molecule has 0 aromatic rings. The Hall–Kier alpha value is -2.64. The smallest absolute Gasteiger partial charge is 0.306 e. The number of allylic oxidation sites excluding steroid dienone is 9. The minimum absolute atomic E-state index is 0.124. The monoisotopic (exact) mass is 1130 g/mol. The van der Waals surface area contributed by atoms with Crippen LogP contribution in [0, 0.1) is 0 Å². The maximum Gasteiger partial charge on any atom is 0.306 e. The van der Waals surface area contributed by atoms with Gasteiger partial charge in [0.15, 0.2) is 12.4 Å². The lowest BCUT2D eigenvalue weighted by atomic mass is 9.99. The Labute approximate surface area is 490 Å². The molecular weight excluding hydrogens is 1000 g/mol. The molecule has 1 fully saturated rings. The predicted octanol–water partition coefficient (Wildman–Crippen LogP) is 16.6. The van der Waals surface area contributed by atoms with E-state index in [0.29, 0.717) is 12.8 Å². The van der Waals surface area contributed by atoms with Crippen molar-refractivity contribution in [1.82, 2.24) is 5.32 Å². The molecule has 0 aromatic carbocycles. The van der Waals surface area contributed by atoms with Crippen LogP contribution in [0.5, 0.6) is 0 Å². The summed E-state index contributed by atoms with van der Waals surface area (Å²) in [6.07, 6.45) is 61.4. The molecule has 0 saturated carbocycles. The number of rotatable bonds is 57. The van der Waals surface area contributed by atoms with Crippen LogP contribution in [0.15, 0.2) is 60.8 Å². The number of hydrogen-bond acceptors (Lipinski definition) is 10. The van der Waals surface area contributed by atoms with Crippen molar-refractivity contribution in [3.8, 4) is 0 Å². The zero-order chi connectivity index (χ0) is 58.2. The second-order valence-electron chi connectivity index (χ2n) is 23.2. The van der Waals surface area contributed by atoms with Gasteiger partial charge in [0.25, 0.3) is 0 Å². The van der Waals surface area contributed by atoms with Gasteiger partial charge in [-0.05, 0) is 83.5 Å². The van der Waals surface area contributed by atoms with Crippen molar-refractivity contribution in [2.24, 2.45) is 0 Å². The first kappa shape index (κ1) is 75.4. The van der Waals surface area contributed by atoms with Gasteiger partial charge in [0, 0.05) is 6.42 Å². The summed E-state index contributed by atoms with van der Waals surface area (Å²) in [6.45, 7) is 5.66. The first-order chi connectivity index (χ1) is 39.2. The molecule has 1 heterocycles. The molecule has 0 bridgehead atoms. The molecule has 466 valence electrons. The van der Waals surface area contributed by atoms with Gasteiger partial charge >= 0.3 is 5.97 Å². The number of carbonyl (C=O) groups is 2. The van der Waals surface area contributed by atoms with Crippen LogP contribution in [0.1, 0.15) is 303 Å². The quantitative estimate of drug-likeness (QED) is 0.0195. The van der Waals surface area contributed by atoms with E-state index in [1.807, 2.05) is 6.08 Å². The third-order valence-electron chi connectivity index (χ3n) is 15.7. The second-order valence-corrected chi connectivity index (χ2v) is 23.2. The molecule has 0 spiro atoms. The minimum atomic E-state index is -1.61. The van der Waals surface area contributed by atoms with Gasteiger partial charge in [-0.1, -0.05) is 274 Å². The summed E-state index contributed by atoms with van der Waals surface area (Å²) in [6, 6.07) is -1.03. The van der Waals surface area contributed by atoms with Gasteiger partial charge in [-0.3, -0.25) is 9.59 Å². The molecule has 1 aliphatic heterocycles. The van der Waals surface area contributed by atoms with E-state index in [0.717, 1.165) is 96.3 Å². The van der Waals surface area contributed by atoms with E-state index in [4.69, 9.17) is 14.2 Å². The number of unbranched alkanes of at least 4 members (excludes halogenated alkanes) is 35. The predicted molar refractivity (Wildman–Crippen MR) is 333 cm³/mol. The van der Waals surface area contributed by atoms with Crippen LogP contribution < -0.4 is 5.32 Å². The minimum Gasteiger partial charge on any atom is -0.454 e. The van der Waals surface area contributed by atoms with E-state index in [-0.39, 0.29) is 19.4 Å². The first-order valence-electron chi connectivity index (χ1n) is 33.6. The summed E-state index contributed by atoms with van der Waals surface area (Å²) >= 11 is 0. The Morgan fingerprint density at radius 3 is 1.36 bits per heavy atom. The molecule has 1 amide bonds. The lowest BCUT2D eigenvalue weighted by Gasteiger charge is -2.41. The lowest BCUT2D eigenvalue weighted by Crippen LogP contribution is -2.61. The van der Waals surface area contributed by atoms with Crippen LogP contribution in [0.4, 0.5) is 0 Å². The number of aliphatic hydroxyl groups excluding tert-OH is 5. The highest BCUT2D eigenvalue weighted by Gasteiger charge is 2.47. The number of amides is 1. The Morgan fingerprint density at radius 2 is 0.900 bits per heavy atom. The third kappa shape index (κ3) is 44.0. The average Bonchev–Trinajstić information content (AvgIpc) is 3.46. The molecule has 0 aromatic heterocycles. The Kier molecular flexibility index (Phi) is 53.5. The molecule has 1 rings (SSSR count). The van der Waals surface area contributed by atoms with Crippen LogP contribution in [0.25, 0.3) is 0 Å². The number of carbonyl (C=O) groups excluding carboxylic acids is 2. The van der Waals surface area contributed by atoms with Crippen molar-refractivity contribution in [3.05, 3.63) is 60.8 Å². The van der Waals surface area contributed by atoms with Crippen molar-refractivity contribution in [2.75, 3.05) is 13.2 Å². The fraction of sp³-hybridized carbons (Fsp3) is 0.826. The molecule has 0 aliphatic carbocycles. The van der Waals surface area contributed by atoms with E-state index in [1.165, 1.54) is 161 Å². The summed E-state index contributed by atoms with van der Waals surface area (Å²) < 4.78 is 17.6. The molecule has 80 heavy (non-hydrogen) atoms. The fourth-order valence-electron chi connectivity index (χ4n) is 10.4. The van der Waals surface area contributed by atoms with E-state index < -0.39 is 67.4 Å². The van der Waals surface area contributed by atoms with Crippen LogP contribution in [-0.2, 0) is 23.8 Å². The molecular formula is C69H125NO10. The molecule has 8 unspecified atom stereocenters. The molecule has 1 aliphatic rings. The summed E-state index contributed by atoms with van der Waals surface area (Å²) in [5.74, 6) is -1.20. The number of ether oxygens (including phenoxy) is 3. The van der Waals surface area contributed by atoms with Crippen LogP contribution >= 0.6 is 0 Å². The average molecular weight is 1130 g/mol. The van der Waals surface area contributed by atoms with E-state index in [2.05, 4.69) is 74.7 Å². The highest BCUT2D eigenvalue weighted by molar-refractivity contribution is 5.80. The van der Waals surface area contributed by atoms with Gasteiger partial charge < -0.3 is 45.1 Å². The Balaban J connectivity index is 2.52. The summed E-state index contributed by atoms with van der Waals surface area (Å²) in [4.78, 5) is 26.6. The number of hydrogen-bond donors (Lipinski definition) is 6. The van der Waals surface area contributed by atoms with Crippen LogP contribution in [0.3, 0.4) is 0 Å². The van der Waals surface area contributed by atoms with Gasteiger partial charge in [0.2, 0.25) is 5.91 Å². The summed E-state index contributed by atoms with van der Waals surface area (Å²) in [5, 5.41) is 57.0. The fourth-order valence-corrected chi connectivity index (χ4v) is 10.4. The van der Waals surface area contributed by atoms with Crippen LogP contribution in [-0.4, -0.2) is 99.6 Å². The van der Waals surface area contributed by atoms with E-state index in [1.54, 1.807) is 6.08 Å². The zero-order valence-corrected chi connectivity index (χ0v) is 51.7. The van der Waals surface area contributed by atoms with Crippen molar-refractivity contribution in [3.63, 3.8) is 0 Å². The standard InChI is InChI=1S/C69H125NO10/c1-4-7-10-13-16-19-22-24-25-26-27-28-29-30-31-32-33-34-35-36-37-39-42-45-48-51-54-57-64(74)80-67-66(76)65(75)63(58-71)79-69(67)78-59-60(61(72)55-52-49-46-43-40-21-18-15-12-9-6-3)70-68(77)62(73)56-53-50-47-44-41-38-23-20-17-14-11-8-5-2/h8,11,16-17,19-20,24-25,52,55,60-63,65-67,69,71-73,75-76H,4-7,9-10,12-15,18,21-23,26-51,53-54,56-59H2,1-3H3,(H,70,77)/b11-8+,19-16-,20-17+,25-24-,55-52+. The van der Waals surface area contributed by atoms with Gasteiger partial charge in [0.1, 0.15) is 24.4 Å². The summed E-state index contributed by atoms with van der Waals surface area (Å²) in [7, 11) is 0. The van der Waals surface area contributed by atoms with Gasteiger partial charge in [-0.25, -0.2) is 0 Å². The van der Waals surface area contributed by atoms with Gasteiger partial charge in [-0.15, -0.1) is 0 Å². The van der Waals surface area contributed by atoms with Gasteiger partial charge in [0.05, 0.1) is 25.4 Å². The second kappa shape index (κ2) is 56.8. The molecule has 1 saturated heterocycles. The van der Waals surface area contributed by atoms with E-state index in [9.17, 15) is 35.1 Å². The highest BCUT2D eigenvalue weighted by atomic mass is 16.7. The largest absolute Gasteiger partial charge is 0.454 e. The number of esters is 1. The normalized spacial score (nSPS) is 19.1. The van der Waals surface area contributed by atoms with Crippen LogP contribution in [0.2, 0.25) is 0 Å². The summed E-state index contributed by atoms with van der Waals surface area (Å²) in [5.41, 5.74) is 0. The molecule has 11 nitrogen and oxygen atoms in total.